The van der Waals surface area contributed by atoms with E-state index < -0.39 is 0 Å². The fraction of sp³-hybridized carbons (Fsp3) is 0.900. The predicted octanol–water partition coefficient (Wildman–Crippen LogP) is 0.949. The molecule has 0 saturated carbocycles. The molecule has 0 N–H and O–H groups in total. The molecule has 1 aliphatic heterocycles. The maximum Gasteiger partial charge on any atom is 0.222 e. The maximum absolute atomic E-state index is 11.4. The molecule has 0 bridgehead atoms. The maximum atomic E-state index is 11.4. The molecule has 76 valence electrons. The Bertz CT molecular complexity index is 180. The van der Waals surface area contributed by atoms with Crippen molar-refractivity contribution in [3.63, 3.8) is 0 Å². The van der Waals surface area contributed by atoms with Gasteiger partial charge in [-0.25, -0.2) is 0 Å². The van der Waals surface area contributed by atoms with E-state index in [0.29, 0.717) is 11.9 Å². The van der Waals surface area contributed by atoms with Gasteiger partial charge in [-0.15, -0.1) is 0 Å². The van der Waals surface area contributed by atoms with Crippen LogP contribution in [0.25, 0.3) is 0 Å². The summed E-state index contributed by atoms with van der Waals surface area (Å²) < 4.78 is 0. The molecule has 1 fully saturated rings. The van der Waals surface area contributed by atoms with Gasteiger partial charge < -0.3 is 9.80 Å². The molecule has 0 aromatic rings. The minimum Gasteiger partial charge on any atom is -0.340 e. The SMILES string of the molecule is CC(CCN(C)C)N1CCCC1=O. The van der Waals surface area contributed by atoms with Crippen LogP contribution in [0.1, 0.15) is 26.2 Å². The van der Waals surface area contributed by atoms with Gasteiger partial charge in [0.1, 0.15) is 0 Å². The van der Waals surface area contributed by atoms with Crippen molar-refractivity contribution in [2.75, 3.05) is 27.2 Å². The van der Waals surface area contributed by atoms with Crippen LogP contribution in [0, 0.1) is 0 Å². The van der Waals surface area contributed by atoms with Crippen molar-refractivity contribution in [2.45, 2.75) is 32.2 Å². The highest BCUT2D eigenvalue weighted by Gasteiger charge is 2.24. The highest BCUT2D eigenvalue weighted by Crippen LogP contribution is 2.15. The Kier molecular flexibility index (Phi) is 3.72. The second-order valence-corrected chi connectivity index (χ2v) is 4.13. The highest BCUT2D eigenvalue weighted by atomic mass is 16.2. The van der Waals surface area contributed by atoms with Gasteiger partial charge in [0.15, 0.2) is 0 Å². The fourth-order valence-electron chi connectivity index (χ4n) is 1.74. The number of amides is 1. The molecule has 0 radical (unpaired) electrons. The molecular weight excluding hydrogens is 164 g/mol. The summed E-state index contributed by atoms with van der Waals surface area (Å²) in [6, 6.07) is 0.414. The van der Waals surface area contributed by atoms with Crippen molar-refractivity contribution in [2.24, 2.45) is 0 Å². The summed E-state index contributed by atoms with van der Waals surface area (Å²) in [4.78, 5) is 15.6. The third-order valence-corrected chi connectivity index (χ3v) is 2.64. The highest BCUT2D eigenvalue weighted by molar-refractivity contribution is 5.78. The first-order valence-electron chi connectivity index (χ1n) is 5.05. The Morgan fingerprint density at radius 3 is 2.69 bits per heavy atom. The molecule has 3 nitrogen and oxygen atoms in total. The van der Waals surface area contributed by atoms with Crippen LogP contribution in [0.5, 0.6) is 0 Å². The van der Waals surface area contributed by atoms with Crippen molar-refractivity contribution in [1.82, 2.24) is 9.80 Å². The third kappa shape index (κ3) is 2.99. The Morgan fingerprint density at radius 2 is 2.23 bits per heavy atom. The Labute approximate surface area is 80.7 Å². The predicted molar refractivity (Wildman–Crippen MR) is 53.6 cm³/mol. The zero-order valence-corrected chi connectivity index (χ0v) is 8.92. The standard InChI is InChI=1S/C10H20N2O/c1-9(6-8-11(2)3)12-7-4-5-10(12)13/h9H,4-8H2,1-3H3. The van der Waals surface area contributed by atoms with Crippen molar-refractivity contribution < 1.29 is 4.79 Å². The lowest BCUT2D eigenvalue weighted by Crippen LogP contribution is -2.35. The van der Waals surface area contributed by atoms with E-state index in [-0.39, 0.29) is 0 Å². The smallest absolute Gasteiger partial charge is 0.222 e. The lowest BCUT2D eigenvalue weighted by Gasteiger charge is -2.25. The normalized spacial score (nSPS) is 20.0. The van der Waals surface area contributed by atoms with Crippen LogP contribution in [-0.2, 0) is 4.79 Å². The van der Waals surface area contributed by atoms with Gasteiger partial charge in [0.05, 0.1) is 0 Å². The second-order valence-electron chi connectivity index (χ2n) is 4.13. The number of hydrogen-bond acceptors (Lipinski definition) is 2. The third-order valence-electron chi connectivity index (χ3n) is 2.64. The zero-order chi connectivity index (χ0) is 9.84. The monoisotopic (exact) mass is 184 g/mol. The van der Waals surface area contributed by atoms with Crippen LogP contribution >= 0.6 is 0 Å². The van der Waals surface area contributed by atoms with Gasteiger partial charge in [-0.1, -0.05) is 0 Å². The largest absolute Gasteiger partial charge is 0.340 e. The van der Waals surface area contributed by atoms with Gasteiger partial charge in [-0.05, 0) is 40.4 Å². The number of likely N-dealkylation sites (tertiary alicyclic amines) is 1. The molecule has 1 unspecified atom stereocenters. The van der Waals surface area contributed by atoms with Gasteiger partial charge >= 0.3 is 0 Å². The average Bonchev–Trinajstić information content (AvgIpc) is 2.47. The van der Waals surface area contributed by atoms with E-state index in [1.54, 1.807) is 0 Å². The first kappa shape index (κ1) is 10.5. The molecule has 13 heavy (non-hydrogen) atoms. The first-order chi connectivity index (χ1) is 6.11. The Morgan fingerprint density at radius 1 is 1.54 bits per heavy atom. The van der Waals surface area contributed by atoms with Gasteiger partial charge in [0, 0.05) is 19.0 Å². The summed E-state index contributed by atoms with van der Waals surface area (Å²) in [6.45, 7) is 4.17. The molecule has 0 aliphatic carbocycles. The molecule has 0 spiro atoms. The van der Waals surface area contributed by atoms with Gasteiger partial charge in [0.25, 0.3) is 0 Å². The quantitative estimate of drug-likeness (QED) is 0.649. The molecular formula is C10H20N2O. The van der Waals surface area contributed by atoms with E-state index in [1.165, 1.54) is 0 Å². The number of nitrogens with zero attached hydrogens (tertiary/aromatic N) is 2. The van der Waals surface area contributed by atoms with Crippen molar-refractivity contribution in [3.8, 4) is 0 Å². The number of hydrogen-bond donors (Lipinski definition) is 0. The molecule has 1 rings (SSSR count). The van der Waals surface area contributed by atoms with Crippen LogP contribution in [0.2, 0.25) is 0 Å². The van der Waals surface area contributed by atoms with Gasteiger partial charge in [0.2, 0.25) is 5.91 Å². The summed E-state index contributed by atoms with van der Waals surface area (Å²) in [5.74, 6) is 0.339. The topological polar surface area (TPSA) is 23.6 Å². The summed E-state index contributed by atoms with van der Waals surface area (Å²) in [5.41, 5.74) is 0. The van der Waals surface area contributed by atoms with Crippen molar-refractivity contribution in [3.05, 3.63) is 0 Å². The first-order valence-corrected chi connectivity index (χ1v) is 5.05. The van der Waals surface area contributed by atoms with Crippen LogP contribution < -0.4 is 0 Å². The van der Waals surface area contributed by atoms with E-state index in [1.807, 2.05) is 4.90 Å². The second kappa shape index (κ2) is 4.61. The molecule has 3 heteroatoms. The van der Waals surface area contributed by atoms with Crippen LogP contribution in [0.15, 0.2) is 0 Å². The van der Waals surface area contributed by atoms with Gasteiger partial charge in [-0.2, -0.15) is 0 Å². The summed E-state index contributed by atoms with van der Waals surface area (Å²) >= 11 is 0. The molecule has 1 heterocycles. The molecule has 1 aliphatic rings. The zero-order valence-electron chi connectivity index (χ0n) is 8.92. The molecule has 1 atom stereocenters. The molecule has 0 aromatic carbocycles. The molecule has 1 saturated heterocycles. The van der Waals surface area contributed by atoms with E-state index >= 15 is 0 Å². The van der Waals surface area contributed by atoms with E-state index in [4.69, 9.17) is 0 Å². The molecule has 1 amide bonds. The average molecular weight is 184 g/mol. The summed E-state index contributed by atoms with van der Waals surface area (Å²) in [6.07, 6.45) is 2.89. The lowest BCUT2D eigenvalue weighted by molar-refractivity contribution is -0.129. The molecule has 0 aromatic heterocycles. The van der Waals surface area contributed by atoms with Gasteiger partial charge in [-0.3, -0.25) is 4.79 Å². The van der Waals surface area contributed by atoms with Crippen LogP contribution in [0.3, 0.4) is 0 Å². The minimum absolute atomic E-state index is 0.339. The fourth-order valence-corrected chi connectivity index (χ4v) is 1.74. The van der Waals surface area contributed by atoms with E-state index in [2.05, 4.69) is 25.9 Å². The van der Waals surface area contributed by atoms with Crippen molar-refractivity contribution >= 4 is 5.91 Å². The lowest BCUT2D eigenvalue weighted by atomic mass is 10.2. The van der Waals surface area contributed by atoms with E-state index in [9.17, 15) is 4.79 Å². The van der Waals surface area contributed by atoms with Crippen molar-refractivity contribution in [1.29, 1.82) is 0 Å². The summed E-state index contributed by atoms with van der Waals surface area (Å²) in [7, 11) is 4.14. The number of carbonyl (C=O) groups excluding carboxylic acids is 1. The number of rotatable bonds is 4. The van der Waals surface area contributed by atoms with E-state index in [0.717, 1.165) is 32.4 Å². The van der Waals surface area contributed by atoms with Crippen LogP contribution in [-0.4, -0.2) is 48.9 Å². The summed E-state index contributed by atoms with van der Waals surface area (Å²) in [5, 5.41) is 0. The minimum atomic E-state index is 0.339. The van der Waals surface area contributed by atoms with Crippen LogP contribution in [0.4, 0.5) is 0 Å². The Balaban J connectivity index is 2.30. The number of carbonyl (C=O) groups is 1. The Hall–Kier alpha value is -0.570.